The molecular weight excluding hydrogens is 348 g/mol. The summed E-state index contributed by atoms with van der Waals surface area (Å²) in [5.41, 5.74) is 7.21. The molecule has 2 rings (SSSR count). The van der Waals surface area contributed by atoms with Crippen molar-refractivity contribution >= 4 is 50.5 Å². The molecule has 2 N–H and O–H groups in total. The van der Waals surface area contributed by atoms with Gasteiger partial charge in [-0.3, -0.25) is 4.79 Å². The van der Waals surface area contributed by atoms with Crippen molar-refractivity contribution in [3.8, 4) is 0 Å². The van der Waals surface area contributed by atoms with Crippen LogP contribution in [0.25, 0.3) is 0 Å². The van der Waals surface area contributed by atoms with Crippen molar-refractivity contribution in [3.05, 3.63) is 49.6 Å². The molecule has 1 heterocycles. The third-order valence-electron chi connectivity index (χ3n) is 2.61. The lowest BCUT2D eigenvalue weighted by Gasteiger charge is -2.17. The number of thiophene rings is 1. The Morgan fingerprint density at radius 1 is 1.42 bits per heavy atom. The standard InChI is InChI=1S/C13H12BrClN2OS/c1-17(13(18)11-4-5-12(14)19-11)7-8-6-9(16)2-3-10(8)15/h2-6H,7,16H2,1H3. The number of nitrogens with two attached hydrogens (primary N) is 1. The van der Waals surface area contributed by atoms with Crippen molar-refractivity contribution in [2.45, 2.75) is 6.54 Å². The highest BCUT2D eigenvalue weighted by Crippen LogP contribution is 2.25. The quantitative estimate of drug-likeness (QED) is 0.841. The van der Waals surface area contributed by atoms with Gasteiger partial charge in [-0.1, -0.05) is 11.6 Å². The number of carbonyl (C=O) groups is 1. The van der Waals surface area contributed by atoms with Gasteiger partial charge in [0, 0.05) is 24.3 Å². The lowest BCUT2D eigenvalue weighted by atomic mass is 10.2. The Kier molecular flexibility index (Phi) is 4.50. The second kappa shape index (κ2) is 5.94. The van der Waals surface area contributed by atoms with Crippen LogP contribution in [0.5, 0.6) is 0 Å². The third-order valence-corrected chi connectivity index (χ3v) is 4.59. The normalized spacial score (nSPS) is 10.5. The number of hydrogen-bond acceptors (Lipinski definition) is 3. The average molecular weight is 360 g/mol. The van der Waals surface area contributed by atoms with Gasteiger partial charge in [-0.15, -0.1) is 11.3 Å². The van der Waals surface area contributed by atoms with Crippen LogP contribution in [0.1, 0.15) is 15.2 Å². The molecule has 0 saturated heterocycles. The molecule has 0 bridgehead atoms. The van der Waals surface area contributed by atoms with Gasteiger partial charge in [0.25, 0.3) is 5.91 Å². The van der Waals surface area contributed by atoms with Crippen LogP contribution in [-0.2, 0) is 6.54 Å². The van der Waals surface area contributed by atoms with E-state index in [1.165, 1.54) is 11.3 Å². The molecule has 6 heteroatoms. The minimum absolute atomic E-state index is 0.0332. The molecule has 0 aliphatic heterocycles. The zero-order valence-electron chi connectivity index (χ0n) is 10.2. The molecule has 0 spiro atoms. The van der Waals surface area contributed by atoms with E-state index in [0.29, 0.717) is 22.1 Å². The number of hydrogen-bond donors (Lipinski definition) is 1. The molecule has 2 aromatic rings. The molecule has 3 nitrogen and oxygen atoms in total. The van der Waals surface area contributed by atoms with E-state index >= 15 is 0 Å². The van der Waals surface area contributed by atoms with Crippen molar-refractivity contribution in [3.63, 3.8) is 0 Å². The number of benzene rings is 1. The Hall–Kier alpha value is -1.04. The smallest absolute Gasteiger partial charge is 0.264 e. The van der Waals surface area contributed by atoms with Gasteiger partial charge in [0.15, 0.2) is 0 Å². The maximum atomic E-state index is 12.2. The summed E-state index contributed by atoms with van der Waals surface area (Å²) in [4.78, 5) is 14.5. The van der Waals surface area contributed by atoms with E-state index in [1.807, 2.05) is 6.07 Å². The van der Waals surface area contributed by atoms with Crippen LogP contribution in [0.15, 0.2) is 34.1 Å². The van der Waals surface area contributed by atoms with Crippen LogP contribution in [0.2, 0.25) is 5.02 Å². The summed E-state index contributed by atoms with van der Waals surface area (Å²) in [5, 5.41) is 0.612. The largest absolute Gasteiger partial charge is 0.399 e. The first kappa shape index (κ1) is 14.4. The molecule has 0 aliphatic rings. The van der Waals surface area contributed by atoms with Gasteiger partial charge < -0.3 is 10.6 Å². The third kappa shape index (κ3) is 3.49. The Morgan fingerprint density at radius 2 is 2.16 bits per heavy atom. The molecule has 0 aliphatic carbocycles. The number of rotatable bonds is 3. The number of nitrogen functional groups attached to an aromatic ring is 1. The van der Waals surface area contributed by atoms with E-state index in [2.05, 4.69) is 15.9 Å². The topological polar surface area (TPSA) is 46.3 Å². The van der Waals surface area contributed by atoms with E-state index in [0.717, 1.165) is 9.35 Å². The summed E-state index contributed by atoms with van der Waals surface area (Å²) in [5.74, 6) is -0.0332. The predicted molar refractivity (Wildman–Crippen MR) is 83.7 cm³/mol. The molecule has 0 radical (unpaired) electrons. The summed E-state index contributed by atoms with van der Waals surface area (Å²) in [6.45, 7) is 0.429. The zero-order valence-corrected chi connectivity index (χ0v) is 13.3. The van der Waals surface area contributed by atoms with Crippen LogP contribution in [0.3, 0.4) is 0 Å². The number of carbonyl (C=O) groups excluding carboxylic acids is 1. The van der Waals surface area contributed by atoms with Gasteiger partial charge in [-0.2, -0.15) is 0 Å². The minimum Gasteiger partial charge on any atom is -0.399 e. The van der Waals surface area contributed by atoms with Crippen molar-refractivity contribution in [1.82, 2.24) is 4.90 Å². The van der Waals surface area contributed by atoms with Crippen LogP contribution < -0.4 is 5.73 Å². The second-order valence-corrected chi connectivity index (χ2v) is 6.99. The van der Waals surface area contributed by atoms with Gasteiger partial charge in [0.1, 0.15) is 0 Å². The summed E-state index contributed by atoms with van der Waals surface area (Å²) in [7, 11) is 1.75. The fourth-order valence-electron chi connectivity index (χ4n) is 1.66. The lowest BCUT2D eigenvalue weighted by molar-refractivity contribution is 0.0790. The lowest BCUT2D eigenvalue weighted by Crippen LogP contribution is -2.25. The van der Waals surface area contributed by atoms with Gasteiger partial charge in [0.2, 0.25) is 0 Å². The molecule has 1 aromatic heterocycles. The van der Waals surface area contributed by atoms with Crippen LogP contribution in [0.4, 0.5) is 5.69 Å². The maximum absolute atomic E-state index is 12.2. The SMILES string of the molecule is CN(Cc1cc(N)ccc1Cl)C(=O)c1ccc(Br)s1. The maximum Gasteiger partial charge on any atom is 0.264 e. The summed E-state index contributed by atoms with van der Waals surface area (Å²) in [6.07, 6.45) is 0. The van der Waals surface area contributed by atoms with Crippen LogP contribution in [-0.4, -0.2) is 17.9 Å². The highest BCUT2D eigenvalue weighted by molar-refractivity contribution is 9.11. The molecule has 0 fully saturated rings. The van der Waals surface area contributed by atoms with Gasteiger partial charge in [0.05, 0.1) is 8.66 Å². The number of nitrogens with zero attached hydrogens (tertiary/aromatic N) is 1. The Labute approximate surface area is 129 Å². The first-order valence-corrected chi connectivity index (χ1v) is 7.51. The van der Waals surface area contributed by atoms with E-state index in [9.17, 15) is 4.79 Å². The molecule has 1 amide bonds. The van der Waals surface area contributed by atoms with Crippen molar-refractivity contribution in [2.24, 2.45) is 0 Å². The van der Waals surface area contributed by atoms with Crippen molar-refractivity contribution in [2.75, 3.05) is 12.8 Å². The highest BCUT2D eigenvalue weighted by Gasteiger charge is 2.15. The Bertz CT molecular complexity index is 614. The fraction of sp³-hybridized carbons (Fsp3) is 0.154. The first-order chi connectivity index (χ1) is 8.97. The van der Waals surface area contributed by atoms with Crippen molar-refractivity contribution in [1.29, 1.82) is 0 Å². The molecule has 19 heavy (non-hydrogen) atoms. The molecule has 0 unspecified atom stereocenters. The van der Waals surface area contributed by atoms with Gasteiger partial charge >= 0.3 is 0 Å². The average Bonchev–Trinajstić information content (AvgIpc) is 2.79. The van der Waals surface area contributed by atoms with E-state index < -0.39 is 0 Å². The predicted octanol–water partition coefficient (Wildman–Crippen LogP) is 4.02. The van der Waals surface area contributed by atoms with Crippen LogP contribution >= 0.6 is 38.9 Å². The number of amides is 1. The van der Waals surface area contributed by atoms with E-state index in [4.69, 9.17) is 17.3 Å². The van der Waals surface area contributed by atoms with E-state index in [1.54, 1.807) is 36.2 Å². The van der Waals surface area contributed by atoms with Gasteiger partial charge in [-0.05, 0) is 51.8 Å². The summed E-state index contributed by atoms with van der Waals surface area (Å²) in [6, 6.07) is 8.93. The van der Waals surface area contributed by atoms with E-state index in [-0.39, 0.29) is 5.91 Å². The minimum atomic E-state index is -0.0332. The first-order valence-electron chi connectivity index (χ1n) is 5.52. The number of halogens is 2. The molecular formula is C13H12BrClN2OS. The highest BCUT2D eigenvalue weighted by atomic mass is 79.9. The molecule has 0 atom stereocenters. The monoisotopic (exact) mass is 358 g/mol. The summed E-state index contributed by atoms with van der Waals surface area (Å²) < 4.78 is 0.936. The Morgan fingerprint density at radius 3 is 2.79 bits per heavy atom. The van der Waals surface area contributed by atoms with Crippen molar-refractivity contribution < 1.29 is 4.79 Å². The van der Waals surface area contributed by atoms with Crippen LogP contribution in [0, 0.1) is 0 Å². The molecule has 0 saturated carbocycles. The van der Waals surface area contributed by atoms with Gasteiger partial charge in [-0.25, -0.2) is 0 Å². The summed E-state index contributed by atoms with van der Waals surface area (Å²) >= 11 is 10.9. The second-order valence-electron chi connectivity index (χ2n) is 4.12. The molecule has 1 aromatic carbocycles. The molecule has 100 valence electrons. The Balaban J connectivity index is 2.14. The fourth-order valence-corrected chi connectivity index (χ4v) is 3.22. The zero-order chi connectivity index (χ0) is 14.0. The number of anilines is 1.